The average Bonchev–Trinajstić information content (AvgIpc) is 3.10. The van der Waals surface area contributed by atoms with Crippen molar-refractivity contribution < 1.29 is 0 Å². The van der Waals surface area contributed by atoms with E-state index >= 15 is 0 Å². The van der Waals surface area contributed by atoms with Crippen LogP contribution in [0.5, 0.6) is 0 Å². The molecule has 116 valence electrons. The Hall–Kier alpha value is -1.97. The van der Waals surface area contributed by atoms with Gasteiger partial charge in [-0.15, -0.1) is 0 Å². The Morgan fingerprint density at radius 3 is 2.70 bits per heavy atom. The molecule has 3 aromatic rings. The van der Waals surface area contributed by atoms with Crippen LogP contribution in [0.4, 0.5) is 0 Å². The SMILES string of the molecule is CC1CN=C(c2c(-c3ccc(Cl)cc3Cl)[nH]c3ccccc23)N1. The van der Waals surface area contributed by atoms with Crippen LogP contribution in [0.15, 0.2) is 47.5 Å². The maximum absolute atomic E-state index is 6.43. The van der Waals surface area contributed by atoms with Crippen LogP contribution in [0.1, 0.15) is 12.5 Å². The summed E-state index contributed by atoms with van der Waals surface area (Å²) < 4.78 is 0. The summed E-state index contributed by atoms with van der Waals surface area (Å²) in [5, 5.41) is 5.83. The molecule has 0 radical (unpaired) electrons. The molecular formula is C18H15Cl2N3. The molecule has 2 aromatic carbocycles. The van der Waals surface area contributed by atoms with Gasteiger partial charge in [0.05, 0.1) is 17.3 Å². The summed E-state index contributed by atoms with van der Waals surface area (Å²) in [4.78, 5) is 8.14. The van der Waals surface area contributed by atoms with Crippen molar-refractivity contribution in [2.75, 3.05) is 6.54 Å². The number of nitrogens with zero attached hydrogens (tertiary/aromatic N) is 1. The maximum atomic E-state index is 6.43. The van der Waals surface area contributed by atoms with Gasteiger partial charge in [0.1, 0.15) is 5.84 Å². The number of halogens is 2. The summed E-state index contributed by atoms with van der Waals surface area (Å²) in [6.45, 7) is 2.91. The molecule has 1 aromatic heterocycles. The minimum Gasteiger partial charge on any atom is -0.365 e. The highest BCUT2D eigenvalue weighted by atomic mass is 35.5. The summed E-state index contributed by atoms with van der Waals surface area (Å²) in [5.41, 5.74) is 4.02. The van der Waals surface area contributed by atoms with E-state index in [4.69, 9.17) is 23.2 Å². The van der Waals surface area contributed by atoms with Crippen LogP contribution in [0, 0.1) is 0 Å². The fourth-order valence-electron chi connectivity index (χ4n) is 2.99. The molecule has 0 saturated heterocycles. The molecule has 4 rings (SSSR count). The van der Waals surface area contributed by atoms with E-state index in [0.717, 1.165) is 40.1 Å². The van der Waals surface area contributed by atoms with Crippen LogP contribution >= 0.6 is 23.2 Å². The van der Waals surface area contributed by atoms with Crippen molar-refractivity contribution >= 4 is 39.9 Å². The van der Waals surface area contributed by atoms with Crippen molar-refractivity contribution in [3.05, 3.63) is 58.1 Å². The lowest BCUT2D eigenvalue weighted by atomic mass is 10.0. The lowest BCUT2D eigenvalue weighted by molar-refractivity contribution is 0.726. The quantitative estimate of drug-likeness (QED) is 0.683. The predicted molar refractivity (Wildman–Crippen MR) is 97.8 cm³/mol. The number of aromatic nitrogens is 1. The number of hydrogen-bond acceptors (Lipinski definition) is 2. The Morgan fingerprint density at radius 2 is 1.96 bits per heavy atom. The fourth-order valence-corrected chi connectivity index (χ4v) is 3.49. The highest BCUT2D eigenvalue weighted by Crippen LogP contribution is 2.36. The van der Waals surface area contributed by atoms with Crippen molar-refractivity contribution in [2.24, 2.45) is 4.99 Å². The van der Waals surface area contributed by atoms with Gasteiger partial charge in [-0.25, -0.2) is 0 Å². The van der Waals surface area contributed by atoms with Gasteiger partial charge >= 0.3 is 0 Å². The number of aliphatic imine (C=N–C) groups is 1. The van der Waals surface area contributed by atoms with E-state index in [0.29, 0.717) is 16.1 Å². The number of benzene rings is 2. The Balaban J connectivity index is 1.99. The first kappa shape index (κ1) is 14.6. The third-order valence-electron chi connectivity index (χ3n) is 4.05. The molecule has 1 unspecified atom stereocenters. The summed E-state index contributed by atoms with van der Waals surface area (Å²) in [6, 6.07) is 14.1. The van der Waals surface area contributed by atoms with E-state index in [1.54, 1.807) is 6.07 Å². The number of H-pyrrole nitrogens is 1. The smallest absolute Gasteiger partial charge is 0.131 e. The highest BCUT2D eigenvalue weighted by molar-refractivity contribution is 6.36. The molecule has 23 heavy (non-hydrogen) atoms. The predicted octanol–water partition coefficient (Wildman–Crippen LogP) is 4.88. The lowest BCUT2D eigenvalue weighted by Gasteiger charge is -2.10. The molecule has 5 heteroatoms. The first-order valence-electron chi connectivity index (χ1n) is 7.51. The molecule has 2 heterocycles. The number of nitrogens with one attached hydrogen (secondary N) is 2. The van der Waals surface area contributed by atoms with Gasteiger partial charge in [0.15, 0.2) is 0 Å². The molecule has 2 N–H and O–H groups in total. The van der Waals surface area contributed by atoms with E-state index in [-0.39, 0.29) is 0 Å². The number of para-hydroxylation sites is 1. The molecule has 1 atom stereocenters. The van der Waals surface area contributed by atoms with Crippen LogP contribution in [-0.2, 0) is 0 Å². The van der Waals surface area contributed by atoms with Gasteiger partial charge < -0.3 is 10.3 Å². The molecule has 0 amide bonds. The molecule has 0 aliphatic carbocycles. The van der Waals surface area contributed by atoms with E-state index in [1.165, 1.54) is 0 Å². The second-order valence-electron chi connectivity index (χ2n) is 5.78. The minimum absolute atomic E-state index is 0.340. The molecule has 3 nitrogen and oxygen atoms in total. The Morgan fingerprint density at radius 1 is 1.13 bits per heavy atom. The molecule has 0 fully saturated rings. The van der Waals surface area contributed by atoms with Gasteiger partial charge in [-0.05, 0) is 31.2 Å². The van der Waals surface area contributed by atoms with Crippen molar-refractivity contribution in [1.29, 1.82) is 0 Å². The van der Waals surface area contributed by atoms with Crippen LogP contribution in [0.25, 0.3) is 22.2 Å². The first-order valence-corrected chi connectivity index (χ1v) is 8.26. The van der Waals surface area contributed by atoms with Gasteiger partial charge in [-0.3, -0.25) is 4.99 Å². The lowest BCUT2D eigenvalue weighted by Crippen LogP contribution is -2.27. The van der Waals surface area contributed by atoms with Crippen molar-refractivity contribution in [1.82, 2.24) is 10.3 Å². The van der Waals surface area contributed by atoms with Gasteiger partial charge in [0.25, 0.3) is 0 Å². The Kier molecular flexibility index (Phi) is 3.55. The van der Waals surface area contributed by atoms with E-state index in [1.807, 2.05) is 24.3 Å². The van der Waals surface area contributed by atoms with Crippen molar-refractivity contribution in [3.8, 4) is 11.3 Å². The zero-order valence-corrected chi connectivity index (χ0v) is 14.0. The third-order valence-corrected chi connectivity index (χ3v) is 4.60. The van der Waals surface area contributed by atoms with Crippen LogP contribution in [0.3, 0.4) is 0 Å². The zero-order chi connectivity index (χ0) is 16.0. The molecule has 0 spiro atoms. The average molecular weight is 344 g/mol. The monoisotopic (exact) mass is 343 g/mol. The first-order chi connectivity index (χ1) is 11.1. The van der Waals surface area contributed by atoms with E-state index in [9.17, 15) is 0 Å². The van der Waals surface area contributed by atoms with E-state index < -0.39 is 0 Å². The van der Waals surface area contributed by atoms with Crippen LogP contribution in [-0.4, -0.2) is 23.4 Å². The highest BCUT2D eigenvalue weighted by Gasteiger charge is 2.23. The Labute approximate surface area is 144 Å². The van der Waals surface area contributed by atoms with Crippen LogP contribution < -0.4 is 5.32 Å². The van der Waals surface area contributed by atoms with Gasteiger partial charge in [0, 0.05) is 33.1 Å². The van der Waals surface area contributed by atoms with Gasteiger partial charge in [0.2, 0.25) is 0 Å². The van der Waals surface area contributed by atoms with Gasteiger partial charge in [-0.2, -0.15) is 0 Å². The normalized spacial score (nSPS) is 17.3. The summed E-state index contributed by atoms with van der Waals surface area (Å²) in [5.74, 6) is 0.913. The van der Waals surface area contributed by atoms with Gasteiger partial charge in [-0.1, -0.05) is 41.4 Å². The third kappa shape index (κ3) is 2.50. The number of fused-ring (bicyclic) bond motifs is 1. The minimum atomic E-state index is 0.340. The number of aromatic amines is 1. The molecule has 0 saturated carbocycles. The molecule has 1 aliphatic heterocycles. The van der Waals surface area contributed by atoms with Crippen LogP contribution in [0.2, 0.25) is 10.0 Å². The zero-order valence-electron chi connectivity index (χ0n) is 12.5. The standard InChI is InChI=1S/C18H15Cl2N3/c1-10-9-21-18(22-10)16-13-4-2-3-5-15(13)23-17(16)12-7-6-11(19)8-14(12)20/h2-8,10,23H,9H2,1H3,(H,21,22). The number of rotatable bonds is 2. The second kappa shape index (κ2) is 5.59. The number of hydrogen-bond donors (Lipinski definition) is 2. The van der Waals surface area contributed by atoms with E-state index in [2.05, 4.69) is 34.3 Å². The largest absolute Gasteiger partial charge is 0.365 e. The number of amidine groups is 1. The van der Waals surface area contributed by atoms with Crippen molar-refractivity contribution in [3.63, 3.8) is 0 Å². The maximum Gasteiger partial charge on any atom is 0.131 e. The molecule has 0 bridgehead atoms. The fraction of sp³-hybridized carbons (Fsp3) is 0.167. The second-order valence-corrected chi connectivity index (χ2v) is 6.62. The molecular weight excluding hydrogens is 329 g/mol. The Bertz CT molecular complexity index is 927. The summed E-state index contributed by atoms with van der Waals surface area (Å²) in [6.07, 6.45) is 0. The van der Waals surface area contributed by atoms with Crippen molar-refractivity contribution in [2.45, 2.75) is 13.0 Å². The molecule has 1 aliphatic rings. The topological polar surface area (TPSA) is 40.2 Å². The summed E-state index contributed by atoms with van der Waals surface area (Å²) >= 11 is 12.5. The summed E-state index contributed by atoms with van der Waals surface area (Å²) in [7, 11) is 0.